The van der Waals surface area contributed by atoms with E-state index in [1.807, 2.05) is 0 Å². The second-order valence-corrected chi connectivity index (χ2v) is 4.18. The van der Waals surface area contributed by atoms with E-state index in [-0.39, 0.29) is 10.7 Å². The molecule has 0 aliphatic heterocycles. The number of hydrogen-bond donors (Lipinski definition) is 0. The molecule has 6 heteroatoms. The van der Waals surface area contributed by atoms with Crippen LogP contribution >= 0.6 is 46.4 Å². The molecule has 74 valence electrons. The first-order valence-corrected chi connectivity index (χ1v) is 5.04. The second-order valence-electron chi connectivity index (χ2n) is 2.30. The maximum atomic E-state index is 10.1. The van der Waals surface area contributed by atoms with Gasteiger partial charge in [0, 0.05) is 5.56 Å². The molecular formula is C8H3Cl4NO. The van der Waals surface area contributed by atoms with Gasteiger partial charge in [-0.3, -0.25) is 0 Å². The van der Waals surface area contributed by atoms with Crippen LogP contribution in [0.25, 0.3) is 0 Å². The monoisotopic (exact) mass is 269 g/mol. The fourth-order valence-electron chi connectivity index (χ4n) is 0.910. The summed E-state index contributed by atoms with van der Waals surface area (Å²) in [7, 11) is 0. The third-order valence-corrected chi connectivity index (χ3v) is 2.75. The standard InChI is InChI=1S/C8H3Cl4NO/c9-4-1-2-5(13-3-14)6(7(4)10)8(11)12/h1-2,8H. The van der Waals surface area contributed by atoms with Crippen molar-refractivity contribution in [2.75, 3.05) is 0 Å². The highest BCUT2D eigenvalue weighted by Gasteiger charge is 2.16. The van der Waals surface area contributed by atoms with Crippen LogP contribution in [-0.2, 0) is 4.79 Å². The van der Waals surface area contributed by atoms with E-state index in [4.69, 9.17) is 46.4 Å². The number of rotatable bonds is 2. The molecule has 0 aliphatic carbocycles. The average molecular weight is 271 g/mol. The minimum absolute atomic E-state index is 0.193. The maximum Gasteiger partial charge on any atom is 0.240 e. The lowest BCUT2D eigenvalue weighted by Crippen LogP contribution is -1.86. The fraction of sp³-hybridized carbons (Fsp3) is 0.125. The van der Waals surface area contributed by atoms with Crippen molar-refractivity contribution in [3.63, 3.8) is 0 Å². The Morgan fingerprint density at radius 3 is 2.43 bits per heavy atom. The van der Waals surface area contributed by atoms with E-state index in [2.05, 4.69) is 4.99 Å². The van der Waals surface area contributed by atoms with Crippen LogP contribution < -0.4 is 0 Å². The molecule has 1 aromatic rings. The number of carbonyl (C=O) groups excluding carboxylic acids is 1. The van der Waals surface area contributed by atoms with Gasteiger partial charge in [0.25, 0.3) is 0 Å². The van der Waals surface area contributed by atoms with Crippen LogP contribution in [-0.4, -0.2) is 6.08 Å². The highest BCUT2D eigenvalue weighted by Crippen LogP contribution is 2.41. The highest BCUT2D eigenvalue weighted by molar-refractivity contribution is 6.48. The van der Waals surface area contributed by atoms with Crippen molar-refractivity contribution >= 4 is 58.2 Å². The first-order chi connectivity index (χ1) is 6.57. The van der Waals surface area contributed by atoms with Crippen molar-refractivity contribution in [3.8, 4) is 0 Å². The largest absolute Gasteiger partial charge is 0.240 e. The molecule has 0 radical (unpaired) electrons. The van der Waals surface area contributed by atoms with Crippen molar-refractivity contribution in [2.45, 2.75) is 4.84 Å². The number of isocyanates is 1. The van der Waals surface area contributed by atoms with Crippen molar-refractivity contribution in [3.05, 3.63) is 27.7 Å². The van der Waals surface area contributed by atoms with Crippen LogP contribution in [0.5, 0.6) is 0 Å². The molecule has 0 atom stereocenters. The zero-order chi connectivity index (χ0) is 10.7. The summed E-state index contributed by atoms with van der Waals surface area (Å²) in [6, 6.07) is 2.99. The average Bonchev–Trinajstić information content (AvgIpc) is 2.11. The quantitative estimate of drug-likeness (QED) is 0.444. The molecule has 0 saturated heterocycles. The van der Waals surface area contributed by atoms with Crippen molar-refractivity contribution < 1.29 is 4.79 Å². The SMILES string of the molecule is O=C=Nc1ccc(Cl)c(Cl)c1C(Cl)Cl. The number of nitrogens with zero attached hydrogens (tertiary/aromatic N) is 1. The van der Waals surface area contributed by atoms with Crippen LogP contribution in [0.2, 0.25) is 10.0 Å². The lowest BCUT2D eigenvalue weighted by Gasteiger charge is -2.08. The summed E-state index contributed by atoms with van der Waals surface area (Å²) >= 11 is 22.9. The van der Waals surface area contributed by atoms with E-state index in [9.17, 15) is 4.79 Å². The number of halogens is 4. The molecule has 0 aliphatic rings. The Morgan fingerprint density at radius 2 is 1.93 bits per heavy atom. The van der Waals surface area contributed by atoms with E-state index < -0.39 is 4.84 Å². The number of alkyl halides is 2. The highest BCUT2D eigenvalue weighted by atomic mass is 35.5. The van der Waals surface area contributed by atoms with Crippen LogP contribution in [0.1, 0.15) is 10.4 Å². The summed E-state index contributed by atoms with van der Waals surface area (Å²) in [5, 5.41) is 0.496. The molecule has 0 unspecified atom stereocenters. The van der Waals surface area contributed by atoms with Crippen LogP contribution in [0.3, 0.4) is 0 Å². The second kappa shape index (κ2) is 5.01. The predicted octanol–water partition coefficient (Wildman–Crippen LogP) is 4.44. The molecule has 0 amide bonds. The molecule has 14 heavy (non-hydrogen) atoms. The molecule has 2 nitrogen and oxygen atoms in total. The smallest absolute Gasteiger partial charge is 0.211 e. The molecule has 0 saturated carbocycles. The van der Waals surface area contributed by atoms with E-state index in [1.54, 1.807) is 0 Å². The topological polar surface area (TPSA) is 29.4 Å². The van der Waals surface area contributed by atoms with Crippen LogP contribution in [0.15, 0.2) is 17.1 Å². The van der Waals surface area contributed by atoms with Gasteiger partial charge in [-0.1, -0.05) is 46.4 Å². The Labute approximate surface area is 100 Å². The third kappa shape index (κ3) is 2.41. The van der Waals surface area contributed by atoms with Crippen molar-refractivity contribution in [1.82, 2.24) is 0 Å². The van der Waals surface area contributed by atoms with Crippen LogP contribution in [0, 0.1) is 0 Å². The molecule has 0 aromatic heterocycles. The maximum absolute atomic E-state index is 10.1. The molecule has 0 N–H and O–H groups in total. The summed E-state index contributed by atoms with van der Waals surface area (Å²) in [4.78, 5) is 12.6. The van der Waals surface area contributed by atoms with Gasteiger partial charge in [0.15, 0.2) is 0 Å². The summed E-state index contributed by atoms with van der Waals surface area (Å²) in [5.74, 6) is 0. The van der Waals surface area contributed by atoms with Gasteiger partial charge in [0.05, 0.1) is 15.7 Å². The van der Waals surface area contributed by atoms with E-state index in [0.717, 1.165) is 0 Å². The molecule has 1 rings (SSSR count). The number of benzene rings is 1. The normalized spacial score (nSPS) is 10.1. The summed E-state index contributed by atoms with van der Waals surface area (Å²) in [6.45, 7) is 0. The van der Waals surface area contributed by atoms with E-state index >= 15 is 0 Å². The van der Waals surface area contributed by atoms with Gasteiger partial charge in [-0.15, -0.1) is 0 Å². The van der Waals surface area contributed by atoms with Gasteiger partial charge in [-0.05, 0) is 12.1 Å². The third-order valence-electron chi connectivity index (χ3n) is 1.49. The molecular weight excluding hydrogens is 268 g/mol. The summed E-state index contributed by atoms with van der Waals surface area (Å²) in [6.07, 6.45) is 1.38. The Kier molecular flexibility index (Phi) is 4.24. The van der Waals surface area contributed by atoms with Gasteiger partial charge in [-0.25, -0.2) is 4.79 Å². The fourth-order valence-corrected chi connectivity index (χ4v) is 1.90. The molecule has 0 heterocycles. The van der Waals surface area contributed by atoms with Gasteiger partial charge in [0.2, 0.25) is 6.08 Å². The van der Waals surface area contributed by atoms with Gasteiger partial charge in [-0.2, -0.15) is 4.99 Å². The number of hydrogen-bond acceptors (Lipinski definition) is 2. The zero-order valence-electron chi connectivity index (χ0n) is 6.60. The summed E-state index contributed by atoms with van der Waals surface area (Å²) in [5.41, 5.74) is 0.579. The molecule has 0 spiro atoms. The predicted molar refractivity (Wildman–Crippen MR) is 58.7 cm³/mol. The lowest BCUT2D eigenvalue weighted by molar-refractivity contribution is 0.565. The van der Waals surface area contributed by atoms with Gasteiger partial charge in [0.1, 0.15) is 4.84 Å². The molecule has 1 aromatic carbocycles. The lowest BCUT2D eigenvalue weighted by atomic mass is 10.2. The van der Waals surface area contributed by atoms with E-state index in [1.165, 1.54) is 18.2 Å². The molecule has 0 bridgehead atoms. The minimum atomic E-state index is -0.895. The Balaban J connectivity index is 3.44. The van der Waals surface area contributed by atoms with Crippen LogP contribution in [0.4, 0.5) is 5.69 Å². The first-order valence-electron chi connectivity index (χ1n) is 3.42. The number of aliphatic imine (C=N–C) groups is 1. The zero-order valence-corrected chi connectivity index (χ0v) is 9.62. The Hall–Kier alpha value is -0.240. The van der Waals surface area contributed by atoms with Crippen molar-refractivity contribution in [1.29, 1.82) is 0 Å². The summed E-state index contributed by atoms with van der Waals surface area (Å²) < 4.78 is 0. The van der Waals surface area contributed by atoms with Crippen molar-refractivity contribution in [2.24, 2.45) is 4.99 Å². The van der Waals surface area contributed by atoms with Gasteiger partial charge >= 0.3 is 0 Å². The first kappa shape index (κ1) is 11.8. The molecule has 0 fully saturated rings. The Morgan fingerprint density at radius 1 is 1.29 bits per heavy atom. The minimum Gasteiger partial charge on any atom is -0.211 e. The van der Waals surface area contributed by atoms with Gasteiger partial charge < -0.3 is 0 Å². The van der Waals surface area contributed by atoms with E-state index in [0.29, 0.717) is 10.6 Å². The Bertz CT molecular complexity index is 399.